The lowest BCUT2D eigenvalue weighted by atomic mass is 10.1. The highest BCUT2D eigenvalue weighted by atomic mass is 19.3. The molecule has 136 valence electrons. The summed E-state index contributed by atoms with van der Waals surface area (Å²) in [5, 5.41) is 4.35. The lowest BCUT2D eigenvalue weighted by Gasteiger charge is -2.11. The van der Waals surface area contributed by atoms with E-state index in [0.717, 1.165) is 36.5 Å². The highest BCUT2D eigenvalue weighted by Crippen LogP contribution is 2.29. The fraction of sp³-hybridized carbons (Fsp3) is 0.333. The number of halogens is 3. The average molecular weight is 363 g/mol. The van der Waals surface area contributed by atoms with Crippen molar-refractivity contribution in [1.82, 2.24) is 14.8 Å². The van der Waals surface area contributed by atoms with E-state index in [2.05, 4.69) is 14.8 Å². The molecule has 0 amide bonds. The van der Waals surface area contributed by atoms with Crippen LogP contribution in [0.15, 0.2) is 36.7 Å². The van der Waals surface area contributed by atoms with Crippen molar-refractivity contribution in [2.24, 2.45) is 0 Å². The molecule has 0 spiro atoms. The van der Waals surface area contributed by atoms with Crippen molar-refractivity contribution in [2.45, 2.75) is 32.1 Å². The van der Waals surface area contributed by atoms with Crippen LogP contribution in [0.25, 0.3) is 22.2 Å². The molecule has 1 saturated heterocycles. The van der Waals surface area contributed by atoms with Crippen molar-refractivity contribution in [2.75, 3.05) is 6.61 Å². The predicted octanol–water partition coefficient (Wildman–Crippen LogP) is 4.02. The van der Waals surface area contributed by atoms with Crippen molar-refractivity contribution in [1.29, 1.82) is 0 Å². The fourth-order valence-electron chi connectivity index (χ4n) is 3.11. The van der Waals surface area contributed by atoms with Gasteiger partial charge in [-0.25, -0.2) is 4.39 Å². The summed E-state index contributed by atoms with van der Waals surface area (Å²) in [5.74, 6) is -1.34. The Bertz CT molecular complexity index is 923. The number of benzene rings is 1. The van der Waals surface area contributed by atoms with E-state index in [0.29, 0.717) is 17.7 Å². The van der Waals surface area contributed by atoms with Crippen LogP contribution in [0.1, 0.15) is 12.8 Å². The standard InChI is InChI=1S/C18H16F3N3O2/c19-14-4-3-11(7-17(14)26-18(20)21)12-6-16-15(22-8-12)9-23-24(16)10-13-2-1-5-25-13/h3-4,6-9,13,18H,1-2,5,10H2/t13-/m1/s1. The molecule has 0 saturated carbocycles. The molecule has 26 heavy (non-hydrogen) atoms. The monoisotopic (exact) mass is 363 g/mol. The van der Waals surface area contributed by atoms with Crippen LogP contribution in [0.3, 0.4) is 0 Å². The lowest BCUT2D eigenvalue weighted by Crippen LogP contribution is -2.15. The van der Waals surface area contributed by atoms with E-state index in [-0.39, 0.29) is 6.10 Å². The Kier molecular flexibility index (Phi) is 4.50. The van der Waals surface area contributed by atoms with Crippen molar-refractivity contribution in [3.05, 3.63) is 42.5 Å². The average Bonchev–Trinajstić information content (AvgIpc) is 3.27. The highest BCUT2D eigenvalue weighted by Gasteiger charge is 2.18. The van der Waals surface area contributed by atoms with Gasteiger partial charge in [-0.05, 0) is 36.6 Å². The summed E-state index contributed by atoms with van der Waals surface area (Å²) in [6.07, 6.45) is 5.42. The van der Waals surface area contributed by atoms with Gasteiger partial charge in [0.05, 0.1) is 24.4 Å². The van der Waals surface area contributed by atoms with Crippen molar-refractivity contribution >= 4 is 11.0 Å². The topological polar surface area (TPSA) is 49.2 Å². The third kappa shape index (κ3) is 3.37. The molecule has 1 aromatic carbocycles. The van der Waals surface area contributed by atoms with Crippen molar-refractivity contribution in [3.63, 3.8) is 0 Å². The predicted molar refractivity (Wildman–Crippen MR) is 88.5 cm³/mol. The molecule has 8 heteroatoms. The summed E-state index contributed by atoms with van der Waals surface area (Å²) in [4.78, 5) is 4.36. The summed E-state index contributed by atoms with van der Waals surface area (Å²) >= 11 is 0. The first-order valence-electron chi connectivity index (χ1n) is 8.28. The van der Waals surface area contributed by atoms with Gasteiger partial charge in [0, 0.05) is 18.4 Å². The molecule has 4 rings (SSSR count). The van der Waals surface area contributed by atoms with Gasteiger partial charge >= 0.3 is 6.61 Å². The number of nitrogens with zero attached hydrogens (tertiary/aromatic N) is 3. The van der Waals surface area contributed by atoms with Gasteiger partial charge in [0.25, 0.3) is 0 Å². The van der Waals surface area contributed by atoms with Gasteiger partial charge in [0.15, 0.2) is 11.6 Å². The van der Waals surface area contributed by atoms with Gasteiger partial charge in [-0.15, -0.1) is 0 Å². The van der Waals surface area contributed by atoms with Gasteiger partial charge in [0.2, 0.25) is 0 Å². The van der Waals surface area contributed by atoms with Gasteiger partial charge in [0.1, 0.15) is 5.52 Å². The van der Waals surface area contributed by atoms with E-state index in [1.165, 1.54) is 12.1 Å². The molecule has 0 radical (unpaired) electrons. The van der Waals surface area contributed by atoms with E-state index in [1.807, 2.05) is 10.7 Å². The minimum atomic E-state index is -3.09. The Balaban J connectivity index is 1.68. The van der Waals surface area contributed by atoms with Gasteiger partial charge in [-0.1, -0.05) is 6.07 Å². The molecule has 0 unspecified atom stereocenters. The number of hydrogen-bond donors (Lipinski definition) is 0. The summed E-state index contributed by atoms with van der Waals surface area (Å²) in [7, 11) is 0. The first kappa shape index (κ1) is 16.8. The Morgan fingerprint density at radius 1 is 1.23 bits per heavy atom. The molecule has 0 aliphatic carbocycles. The number of hydrogen-bond acceptors (Lipinski definition) is 4. The van der Waals surface area contributed by atoms with E-state index in [4.69, 9.17) is 4.74 Å². The lowest BCUT2D eigenvalue weighted by molar-refractivity contribution is -0.0521. The normalized spacial score (nSPS) is 17.3. The zero-order valence-electron chi connectivity index (χ0n) is 13.7. The summed E-state index contributed by atoms with van der Waals surface area (Å²) in [5.41, 5.74) is 2.71. The van der Waals surface area contributed by atoms with Crippen LogP contribution < -0.4 is 4.74 Å². The largest absolute Gasteiger partial charge is 0.432 e. The molecule has 3 aromatic rings. The number of alkyl halides is 2. The van der Waals surface area contributed by atoms with Crippen LogP contribution in [0, 0.1) is 5.82 Å². The number of rotatable bonds is 5. The number of aromatic nitrogens is 3. The zero-order valence-corrected chi connectivity index (χ0v) is 13.7. The zero-order chi connectivity index (χ0) is 18.1. The molecule has 2 aromatic heterocycles. The molecular weight excluding hydrogens is 347 g/mol. The molecule has 1 atom stereocenters. The Morgan fingerprint density at radius 3 is 2.88 bits per heavy atom. The van der Waals surface area contributed by atoms with E-state index in [1.54, 1.807) is 12.4 Å². The number of pyridine rings is 1. The van der Waals surface area contributed by atoms with E-state index in [9.17, 15) is 13.2 Å². The first-order chi connectivity index (χ1) is 12.6. The molecule has 0 bridgehead atoms. The second-order valence-electron chi connectivity index (χ2n) is 6.11. The van der Waals surface area contributed by atoms with Crippen LogP contribution in [-0.2, 0) is 11.3 Å². The SMILES string of the molecule is Fc1ccc(-c2cnc3cnn(C[C@H]4CCCO4)c3c2)cc1OC(F)F. The Labute approximate surface area is 147 Å². The smallest absolute Gasteiger partial charge is 0.387 e. The van der Waals surface area contributed by atoms with Crippen LogP contribution in [-0.4, -0.2) is 34.1 Å². The van der Waals surface area contributed by atoms with Crippen LogP contribution in [0.4, 0.5) is 13.2 Å². The first-order valence-corrected chi connectivity index (χ1v) is 8.28. The maximum atomic E-state index is 13.6. The molecule has 1 fully saturated rings. The quantitative estimate of drug-likeness (QED) is 0.687. The third-order valence-corrected chi connectivity index (χ3v) is 4.38. The molecule has 5 nitrogen and oxygen atoms in total. The van der Waals surface area contributed by atoms with Gasteiger partial charge in [-0.3, -0.25) is 9.67 Å². The maximum absolute atomic E-state index is 13.6. The van der Waals surface area contributed by atoms with Crippen molar-refractivity contribution < 1.29 is 22.6 Å². The van der Waals surface area contributed by atoms with E-state index >= 15 is 0 Å². The maximum Gasteiger partial charge on any atom is 0.387 e. The van der Waals surface area contributed by atoms with E-state index < -0.39 is 18.2 Å². The molecule has 0 N–H and O–H groups in total. The Morgan fingerprint density at radius 2 is 2.12 bits per heavy atom. The second kappa shape index (κ2) is 6.95. The minimum Gasteiger partial charge on any atom is -0.432 e. The molecule has 1 aliphatic heterocycles. The molecule has 3 heterocycles. The van der Waals surface area contributed by atoms with Crippen LogP contribution in [0.5, 0.6) is 5.75 Å². The second-order valence-corrected chi connectivity index (χ2v) is 6.11. The number of fused-ring (bicyclic) bond motifs is 1. The highest BCUT2D eigenvalue weighted by molar-refractivity contribution is 5.80. The summed E-state index contributed by atoms with van der Waals surface area (Å²) in [6, 6.07) is 5.69. The fourth-order valence-corrected chi connectivity index (χ4v) is 3.11. The molecule has 1 aliphatic rings. The molecular formula is C18H16F3N3O2. The Hall–Kier alpha value is -2.61. The minimum absolute atomic E-state index is 0.124. The van der Waals surface area contributed by atoms with Gasteiger partial charge < -0.3 is 9.47 Å². The summed E-state index contributed by atoms with van der Waals surface area (Å²) in [6.45, 7) is -1.71. The summed E-state index contributed by atoms with van der Waals surface area (Å²) < 4.78 is 50.2. The van der Waals surface area contributed by atoms with Crippen LogP contribution >= 0.6 is 0 Å². The van der Waals surface area contributed by atoms with Gasteiger partial charge in [-0.2, -0.15) is 13.9 Å². The van der Waals surface area contributed by atoms with Crippen molar-refractivity contribution in [3.8, 4) is 16.9 Å². The van der Waals surface area contributed by atoms with Crippen LogP contribution in [0.2, 0.25) is 0 Å². The third-order valence-electron chi connectivity index (χ3n) is 4.38. The number of ether oxygens (including phenoxy) is 2.